The van der Waals surface area contributed by atoms with E-state index in [1.807, 2.05) is 0 Å². The second-order valence-electron chi connectivity index (χ2n) is 3.97. The molecule has 112 valence electrons. The van der Waals surface area contributed by atoms with Gasteiger partial charge in [-0.3, -0.25) is 4.79 Å². The number of hydrogen-bond donors (Lipinski definition) is 2. The van der Waals surface area contributed by atoms with E-state index in [2.05, 4.69) is 20.3 Å². The van der Waals surface area contributed by atoms with Crippen molar-refractivity contribution in [2.45, 2.75) is 12.6 Å². The van der Waals surface area contributed by atoms with E-state index in [0.29, 0.717) is 6.42 Å². The van der Waals surface area contributed by atoms with E-state index in [4.69, 9.17) is 5.73 Å². The van der Waals surface area contributed by atoms with E-state index in [-0.39, 0.29) is 6.54 Å². The minimum Gasteiger partial charge on any atom is -0.368 e. The van der Waals surface area contributed by atoms with Gasteiger partial charge in [0.2, 0.25) is 5.95 Å². The van der Waals surface area contributed by atoms with Crippen LogP contribution in [0.3, 0.4) is 0 Å². The molecular formula is C11H10F3N5OS. The van der Waals surface area contributed by atoms with Gasteiger partial charge < -0.3 is 11.1 Å². The predicted molar refractivity (Wildman–Crippen MR) is 69.6 cm³/mol. The van der Waals surface area contributed by atoms with Crippen LogP contribution < -0.4 is 11.1 Å². The quantitative estimate of drug-likeness (QED) is 0.891. The van der Waals surface area contributed by atoms with Crippen LogP contribution in [-0.2, 0) is 12.6 Å². The molecule has 0 aliphatic carbocycles. The Morgan fingerprint density at radius 3 is 2.76 bits per heavy atom. The first kappa shape index (κ1) is 15.2. The summed E-state index contributed by atoms with van der Waals surface area (Å²) in [7, 11) is 0. The minimum absolute atomic E-state index is 0.157. The molecule has 0 radical (unpaired) electrons. The van der Waals surface area contributed by atoms with Crippen molar-refractivity contribution in [2.75, 3.05) is 12.3 Å². The molecule has 1 amide bonds. The molecule has 10 heteroatoms. The summed E-state index contributed by atoms with van der Waals surface area (Å²) in [6, 6.07) is 0. The molecule has 6 nitrogen and oxygen atoms in total. The van der Waals surface area contributed by atoms with E-state index in [1.54, 1.807) is 10.9 Å². The number of thiazole rings is 1. The molecule has 0 aliphatic heterocycles. The molecule has 0 bridgehead atoms. The maximum Gasteiger partial charge on any atom is 0.434 e. The van der Waals surface area contributed by atoms with Crippen molar-refractivity contribution < 1.29 is 18.0 Å². The fraction of sp³-hybridized carbons (Fsp3) is 0.273. The maximum absolute atomic E-state index is 12.8. The predicted octanol–water partition coefficient (Wildman–Crippen LogP) is 1.51. The van der Waals surface area contributed by atoms with Gasteiger partial charge in [0.25, 0.3) is 5.91 Å². The average molecular weight is 317 g/mol. The van der Waals surface area contributed by atoms with Crippen molar-refractivity contribution in [3.63, 3.8) is 0 Å². The van der Waals surface area contributed by atoms with E-state index in [9.17, 15) is 18.0 Å². The zero-order valence-corrected chi connectivity index (χ0v) is 11.3. The number of amides is 1. The Hall–Kier alpha value is -2.23. The van der Waals surface area contributed by atoms with Gasteiger partial charge in [-0.2, -0.15) is 13.2 Å². The Morgan fingerprint density at radius 1 is 1.38 bits per heavy atom. The number of nitrogens with one attached hydrogen (secondary N) is 1. The second-order valence-corrected chi connectivity index (χ2v) is 4.69. The summed E-state index contributed by atoms with van der Waals surface area (Å²) in [6.07, 6.45) is -3.59. The minimum atomic E-state index is -4.78. The number of carbonyl (C=O) groups excluding carboxylic acids is 1. The van der Waals surface area contributed by atoms with Crippen LogP contribution in [0, 0.1) is 0 Å². The number of anilines is 1. The first-order valence-corrected chi connectivity index (χ1v) is 6.67. The number of alkyl halides is 3. The van der Waals surface area contributed by atoms with Crippen LogP contribution in [-0.4, -0.2) is 27.4 Å². The summed E-state index contributed by atoms with van der Waals surface area (Å²) in [5, 5.41) is 4.17. The summed E-state index contributed by atoms with van der Waals surface area (Å²) >= 11 is 1.40. The molecular weight excluding hydrogens is 307 g/mol. The van der Waals surface area contributed by atoms with Crippen LogP contribution in [0.25, 0.3) is 0 Å². The van der Waals surface area contributed by atoms with Gasteiger partial charge >= 0.3 is 6.18 Å². The van der Waals surface area contributed by atoms with Crippen molar-refractivity contribution in [1.82, 2.24) is 20.3 Å². The fourth-order valence-electron chi connectivity index (χ4n) is 1.54. The lowest BCUT2D eigenvalue weighted by atomic mass is 10.2. The molecule has 2 rings (SSSR count). The van der Waals surface area contributed by atoms with E-state index >= 15 is 0 Å². The third-order valence-corrected chi connectivity index (χ3v) is 3.11. The Balaban J connectivity index is 2.08. The molecule has 21 heavy (non-hydrogen) atoms. The largest absolute Gasteiger partial charge is 0.434 e. The maximum atomic E-state index is 12.8. The third kappa shape index (κ3) is 3.88. The van der Waals surface area contributed by atoms with E-state index in [0.717, 1.165) is 11.9 Å². The fourth-order valence-corrected chi connectivity index (χ4v) is 2.13. The molecule has 2 heterocycles. The number of nitrogens with zero attached hydrogens (tertiary/aromatic N) is 3. The van der Waals surface area contributed by atoms with Gasteiger partial charge in [0, 0.05) is 24.5 Å². The monoisotopic (exact) mass is 317 g/mol. The molecule has 0 fully saturated rings. The first-order chi connectivity index (χ1) is 9.88. The SMILES string of the molecule is Nc1ncc(C(=O)NCCc2cscn2)c(C(F)(F)F)n1. The van der Waals surface area contributed by atoms with Crippen LogP contribution in [0.4, 0.5) is 19.1 Å². The molecule has 0 unspecified atom stereocenters. The van der Waals surface area contributed by atoms with Gasteiger partial charge in [0.05, 0.1) is 16.8 Å². The Labute approximate surface area is 121 Å². The molecule has 0 saturated heterocycles. The Morgan fingerprint density at radius 2 is 2.14 bits per heavy atom. The zero-order valence-electron chi connectivity index (χ0n) is 10.5. The van der Waals surface area contributed by atoms with Crippen LogP contribution in [0.5, 0.6) is 0 Å². The number of nitrogens with two attached hydrogens (primary N) is 1. The normalized spacial score (nSPS) is 11.4. The number of carbonyl (C=O) groups is 1. The molecule has 0 spiro atoms. The lowest BCUT2D eigenvalue weighted by Crippen LogP contribution is -2.29. The number of aromatic nitrogens is 3. The lowest BCUT2D eigenvalue weighted by molar-refractivity contribution is -0.141. The van der Waals surface area contributed by atoms with Crippen LogP contribution in [0.15, 0.2) is 17.1 Å². The highest BCUT2D eigenvalue weighted by molar-refractivity contribution is 7.07. The zero-order chi connectivity index (χ0) is 15.5. The lowest BCUT2D eigenvalue weighted by Gasteiger charge is -2.11. The molecule has 0 aliphatic rings. The standard InChI is InChI=1S/C11H10F3N5OS/c12-11(13,14)8-7(3-17-10(15)19-8)9(20)16-2-1-6-4-21-5-18-6/h3-5H,1-2H2,(H,16,20)(H2,15,17,19). The topological polar surface area (TPSA) is 93.8 Å². The highest BCUT2D eigenvalue weighted by Crippen LogP contribution is 2.30. The smallest absolute Gasteiger partial charge is 0.368 e. The molecule has 2 aromatic heterocycles. The highest BCUT2D eigenvalue weighted by Gasteiger charge is 2.37. The Bertz CT molecular complexity index is 629. The van der Waals surface area contributed by atoms with Gasteiger partial charge in [-0.25, -0.2) is 15.0 Å². The van der Waals surface area contributed by atoms with Gasteiger partial charge in [-0.05, 0) is 0 Å². The van der Waals surface area contributed by atoms with Crippen LogP contribution in [0.2, 0.25) is 0 Å². The third-order valence-electron chi connectivity index (χ3n) is 2.47. The van der Waals surface area contributed by atoms with Crippen molar-refractivity contribution in [2.24, 2.45) is 0 Å². The number of nitrogen functional groups attached to an aromatic ring is 1. The van der Waals surface area contributed by atoms with E-state index < -0.39 is 29.3 Å². The summed E-state index contributed by atoms with van der Waals surface area (Å²) < 4.78 is 38.4. The second kappa shape index (κ2) is 6.04. The van der Waals surface area contributed by atoms with Crippen LogP contribution in [0.1, 0.15) is 21.7 Å². The molecule has 0 saturated carbocycles. The van der Waals surface area contributed by atoms with Crippen LogP contribution >= 0.6 is 11.3 Å². The number of halogens is 3. The van der Waals surface area contributed by atoms with Gasteiger partial charge in [-0.1, -0.05) is 0 Å². The summed E-state index contributed by atoms with van der Waals surface area (Å²) in [5.41, 5.74) is 5.51. The summed E-state index contributed by atoms with van der Waals surface area (Å²) in [4.78, 5) is 22.3. The highest BCUT2D eigenvalue weighted by atomic mass is 32.1. The van der Waals surface area contributed by atoms with Gasteiger partial charge in [0.1, 0.15) is 0 Å². The molecule has 0 atom stereocenters. The van der Waals surface area contributed by atoms with Gasteiger partial charge in [-0.15, -0.1) is 11.3 Å². The molecule has 0 aromatic carbocycles. The number of hydrogen-bond acceptors (Lipinski definition) is 6. The number of rotatable bonds is 4. The summed E-state index contributed by atoms with van der Waals surface area (Å²) in [6.45, 7) is 0.157. The molecule has 3 N–H and O–H groups in total. The van der Waals surface area contributed by atoms with Gasteiger partial charge in [0.15, 0.2) is 5.69 Å². The molecule has 2 aromatic rings. The first-order valence-electron chi connectivity index (χ1n) is 5.73. The van der Waals surface area contributed by atoms with Crippen molar-refractivity contribution in [3.05, 3.63) is 34.0 Å². The average Bonchev–Trinajstić information content (AvgIpc) is 2.90. The summed E-state index contributed by atoms with van der Waals surface area (Å²) in [5.74, 6) is -1.45. The van der Waals surface area contributed by atoms with E-state index in [1.165, 1.54) is 11.3 Å². The van der Waals surface area contributed by atoms with Crippen molar-refractivity contribution in [1.29, 1.82) is 0 Å². The van der Waals surface area contributed by atoms with Crippen molar-refractivity contribution >= 4 is 23.2 Å². The Kier molecular flexibility index (Phi) is 4.36. The van der Waals surface area contributed by atoms with Crippen molar-refractivity contribution in [3.8, 4) is 0 Å².